The third-order valence-corrected chi connectivity index (χ3v) is 2.86. The molecular weight excluding hydrogens is 208 g/mol. The Morgan fingerprint density at radius 1 is 0.824 bits per heavy atom. The zero-order valence-corrected chi connectivity index (χ0v) is 9.34. The molecule has 17 heavy (non-hydrogen) atoms. The molecular formula is C16H12O. The van der Waals surface area contributed by atoms with Crippen molar-refractivity contribution in [3.05, 3.63) is 78.8 Å². The lowest BCUT2D eigenvalue weighted by Gasteiger charge is -2.06. The highest BCUT2D eigenvalue weighted by atomic mass is 16.5. The summed E-state index contributed by atoms with van der Waals surface area (Å²) < 4.78 is 5.15. The number of hydrogen-bond donors (Lipinski definition) is 0. The highest BCUT2D eigenvalue weighted by Gasteiger charge is 2.03. The smallest absolute Gasteiger partial charge is 0.0907 e. The number of fused-ring (bicyclic) bond motifs is 1. The number of allylic oxidation sites excluding steroid dienone is 4. The normalized spacial score (nSPS) is 14.2. The molecule has 82 valence electrons. The molecule has 2 aromatic rings. The Labute approximate surface area is 100 Å². The molecule has 0 N–H and O–H groups in total. The van der Waals surface area contributed by atoms with Crippen molar-refractivity contribution in [1.29, 1.82) is 0 Å². The Morgan fingerprint density at radius 2 is 1.71 bits per heavy atom. The molecule has 3 rings (SSSR count). The maximum Gasteiger partial charge on any atom is 0.0907 e. The number of benzene rings is 2. The lowest BCUT2D eigenvalue weighted by atomic mass is 9.98. The molecule has 0 spiro atoms. The van der Waals surface area contributed by atoms with Gasteiger partial charge in [-0.25, -0.2) is 0 Å². The van der Waals surface area contributed by atoms with Crippen LogP contribution in [0, 0.1) is 0 Å². The topological polar surface area (TPSA) is 9.23 Å². The third-order valence-electron chi connectivity index (χ3n) is 2.86. The van der Waals surface area contributed by atoms with E-state index in [2.05, 4.69) is 48.5 Å². The van der Waals surface area contributed by atoms with Gasteiger partial charge in [-0.15, -0.1) is 0 Å². The molecule has 0 amide bonds. The highest BCUT2D eigenvalue weighted by molar-refractivity contribution is 5.96. The minimum atomic E-state index is 1.16. The Bertz CT molecular complexity index is 628. The van der Waals surface area contributed by atoms with E-state index >= 15 is 0 Å². The second-order valence-electron chi connectivity index (χ2n) is 3.92. The molecule has 0 bridgehead atoms. The van der Waals surface area contributed by atoms with E-state index in [-0.39, 0.29) is 0 Å². The largest absolute Gasteiger partial charge is 0.473 e. The number of hydrogen-bond acceptors (Lipinski definition) is 1. The Balaban J connectivity index is 2.23. The van der Waals surface area contributed by atoms with E-state index in [0.29, 0.717) is 0 Å². The quantitative estimate of drug-likeness (QED) is 0.697. The summed E-state index contributed by atoms with van der Waals surface area (Å²) in [6.45, 7) is 0. The molecule has 1 heteroatoms. The van der Waals surface area contributed by atoms with E-state index < -0.39 is 0 Å². The average Bonchev–Trinajstić information content (AvgIpc) is 2.67. The van der Waals surface area contributed by atoms with Crippen molar-refractivity contribution in [1.82, 2.24) is 0 Å². The summed E-state index contributed by atoms with van der Waals surface area (Å²) in [5.74, 6) is 0. The van der Waals surface area contributed by atoms with Crippen molar-refractivity contribution >= 4 is 16.3 Å². The van der Waals surface area contributed by atoms with Crippen LogP contribution < -0.4 is 0 Å². The molecule has 1 nitrogen and oxygen atoms in total. The van der Waals surface area contributed by atoms with Crippen molar-refractivity contribution in [3.8, 4) is 0 Å². The van der Waals surface area contributed by atoms with Crippen LogP contribution in [0.4, 0.5) is 0 Å². The van der Waals surface area contributed by atoms with Crippen LogP contribution in [-0.4, -0.2) is 0 Å². The molecule has 0 saturated heterocycles. The SMILES string of the molecule is C1=COC=CC(c2cccc3ccccc23)=C1. The summed E-state index contributed by atoms with van der Waals surface area (Å²) in [7, 11) is 0. The first kappa shape index (κ1) is 9.91. The zero-order chi connectivity index (χ0) is 11.5. The molecule has 0 atom stereocenters. The van der Waals surface area contributed by atoms with Gasteiger partial charge in [0.25, 0.3) is 0 Å². The van der Waals surface area contributed by atoms with Gasteiger partial charge in [0, 0.05) is 0 Å². The van der Waals surface area contributed by atoms with Gasteiger partial charge in [0.2, 0.25) is 0 Å². The van der Waals surface area contributed by atoms with Crippen molar-refractivity contribution in [3.63, 3.8) is 0 Å². The Kier molecular flexibility index (Phi) is 2.51. The lowest BCUT2D eigenvalue weighted by Crippen LogP contribution is -1.83. The maximum atomic E-state index is 5.15. The second-order valence-corrected chi connectivity index (χ2v) is 3.92. The van der Waals surface area contributed by atoms with Crippen LogP contribution in [0.2, 0.25) is 0 Å². The van der Waals surface area contributed by atoms with E-state index in [1.165, 1.54) is 16.3 Å². The predicted molar refractivity (Wildman–Crippen MR) is 71.3 cm³/mol. The minimum Gasteiger partial charge on any atom is -0.473 e. The molecule has 0 radical (unpaired) electrons. The van der Waals surface area contributed by atoms with E-state index in [4.69, 9.17) is 4.74 Å². The van der Waals surface area contributed by atoms with E-state index in [1.54, 1.807) is 12.5 Å². The molecule has 2 aromatic carbocycles. The zero-order valence-electron chi connectivity index (χ0n) is 9.34. The van der Waals surface area contributed by atoms with Gasteiger partial charge in [-0.3, -0.25) is 0 Å². The maximum absolute atomic E-state index is 5.15. The molecule has 1 aliphatic heterocycles. The standard InChI is InChI=1S/C16H12O/c1-2-8-15-13(5-1)6-3-9-16(15)14-7-4-11-17-12-10-14/h1-12H. The van der Waals surface area contributed by atoms with E-state index in [1.807, 2.05) is 12.2 Å². The fourth-order valence-corrected chi connectivity index (χ4v) is 2.06. The molecule has 0 unspecified atom stereocenters. The minimum absolute atomic E-state index is 1.16. The molecule has 0 aromatic heterocycles. The van der Waals surface area contributed by atoms with Gasteiger partial charge in [-0.05, 0) is 34.1 Å². The van der Waals surface area contributed by atoms with Gasteiger partial charge in [0.05, 0.1) is 12.5 Å². The van der Waals surface area contributed by atoms with Crippen LogP contribution in [-0.2, 0) is 4.74 Å². The molecule has 0 fully saturated rings. The summed E-state index contributed by atoms with van der Waals surface area (Å²) in [5.41, 5.74) is 2.39. The summed E-state index contributed by atoms with van der Waals surface area (Å²) in [4.78, 5) is 0. The molecule has 1 aliphatic rings. The summed E-state index contributed by atoms with van der Waals surface area (Å²) in [5, 5.41) is 2.52. The van der Waals surface area contributed by atoms with Crippen LogP contribution in [0.25, 0.3) is 16.3 Å². The highest BCUT2D eigenvalue weighted by Crippen LogP contribution is 2.26. The van der Waals surface area contributed by atoms with Crippen LogP contribution in [0.15, 0.2) is 73.2 Å². The van der Waals surface area contributed by atoms with E-state index in [9.17, 15) is 0 Å². The first-order valence-corrected chi connectivity index (χ1v) is 5.62. The van der Waals surface area contributed by atoms with Crippen LogP contribution >= 0.6 is 0 Å². The van der Waals surface area contributed by atoms with Crippen molar-refractivity contribution in [2.45, 2.75) is 0 Å². The lowest BCUT2D eigenvalue weighted by molar-refractivity contribution is 0.404. The Hall–Kier alpha value is -2.28. The van der Waals surface area contributed by atoms with Crippen molar-refractivity contribution < 1.29 is 4.74 Å². The first-order valence-electron chi connectivity index (χ1n) is 5.62. The van der Waals surface area contributed by atoms with Crippen LogP contribution in [0.3, 0.4) is 0 Å². The third kappa shape index (κ3) is 1.87. The van der Waals surface area contributed by atoms with Gasteiger partial charge >= 0.3 is 0 Å². The number of ether oxygens (including phenoxy) is 1. The van der Waals surface area contributed by atoms with Gasteiger partial charge in [0.15, 0.2) is 0 Å². The molecule has 0 aliphatic carbocycles. The molecule has 1 heterocycles. The molecule has 0 saturated carbocycles. The monoisotopic (exact) mass is 220 g/mol. The average molecular weight is 220 g/mol. The predicted octanol–water partition coefficient (Wildman–Crippen LogP) is 4.28. The first-order chi connectivity index (χ1) is 8.45. The number of rotatable bonds is 1. The summed E-state index contributed by atoms with van der Waals surface area (Å²) in [6.07, 6.45) is 9.34. The van der Waals surface area contributed by atoms with Gasteiger partial charge in [-0.1, -0.05) is 48.5 Å². The van der Waals surface area contributed by atoms with Crippen molar-refractivity contribution in [2.75, 3.05) is 0 Å². The van der Waals surface area contributed by atoms with Gasteiger partial charge < -0.3 is 4.74 Å². The van der Waals surface area contributed by atoms with E-state index in [0.717, 1.165) is 5.57 Å². The van der Waals surface area contributed by atoms with Crippen LogP contribution in [0.5, 0.6) is 0 Å². The summed E-state index contributed by atoms with van der Waals surface area (Å²) >= 11 is 0. The summed E-state index contributed by atoms with van der Waals surface area (Å²) in [6, 6.07) is 14.8. The van der Waals surface area contributed by atoms with Gasteiger partial charge in [0.1, 0.15) is 0 Å². The van der Waals surface area contributed by atoms with Crippen LogP contribution in [0.1, 0.15) is 5.56 Å². The fraction of sp³-hybridized carbons (Fsp3) is 0. The second kappa shape index (κ2) is 4.30. The Morgan fingerprint density at radius 3 is 2.71 bits per heavy atom. The fourth-order valence-electron chi connectivity index (χ4n) is 2.06. The van der Waals surface area contributed by atoms with Crippen molar-refractivity contribution in [2.24, 2.45) is 0 Å². The van der Waals surface area contributed by atoms with Gasteiger partial charge in [-0.2, -0.15) is 0 Å².